The summed E-state index contributed by atoms with van der Waals surface area (Å²) in [5, 5.41) is 0.473. The molecular weight excluding hydrogens is 246 g/mol. The summed E-state index contributed by atoms with van der Waals surface area (Å²) in [7, 11) is 0. The molecule has 4 heteroatoms. The van der Waals surface area contributed by atoms with Crippen LogP contribution < -0.4 is 5.73 Å². The van der Waals surface area contributed by atoms with Crippen LogP contribution in [0.4, 0.5) is 5.69 Å². The molecule has 2 aromatic heterocycles. The number of pyridine rings is 1. The third kappa shape index (κ3) is 1.64. The van der Waals surface area contributed by atoms with Crippen molar-refractivity contribution in [2.75, 3.05) is 5.73 Å². The van der Waals surface area contributed by atoms with Crippen LogP contribution in [0.1, 0.15) is 5.56 Å². The Morgan fingerprint density at radius 3 is 2.78 bits per heavy atom. The zero-order valence-corrected chi connectivity index (χ0v) is 10.6. The highest BCUT2D eigenvalue weighted by Gasteiger charge is 2.12. The van der Waals surface area contributed by atoms with E-state index in [2.05, 4.69) is 18.0 Å². The van der Waals surface area contributed by atoms with E-state index in [-0.39, 0.29) is 0 Å². The zero-order chi connectivity index (χ0) is 12.7. The summed E-state index contributed by atoms with van der Waals surface area (Å²) < 4.78 is 1.96. The lowest BCUT2D eigenvalue weighted by atomic mass is 10.1. The minimum absolute atomic E-state index is 0.473. The van der Waals surface area contributed by atoms with Crippen LogP contribution >= 0.6 is 11.6 Å². The summed E-state index contributed by atoms with van der Waals surface area (Å²) >= 11 is 6.16. The van der Waals surface area contributed by atoms with Gasteiger partial charge in [-0.15, -0.1) is 0 Å². The molecule has 0 spiro atoms. The molecule has 3 nitrogen and oxygen atoms in total. The fourth-order valence-electron chi connectivity index (χ4n) is 2.08. The highest BCUT2D eigenvalue weighted by atomic mass is 35.5. The summed E-state index contributed by atoms with van der Waals surface area (Å²) in [5.41, 5.74) is 9.52. The second kappa shape index (κ2) is 4.03. The largest absolute Gasteiger partial charge is 0.399 e. The number of benzene rings is 1. The summed E-state index contributed by atoms with van der Waals surface area (Å²) in [6, 6.07) is 11.8. The fraction of sp³-hybridized carbons (Fsp3) is 0.0714. The van der Waals surface area contributed by atoms with Crippen molar-refractivity contribution in [2.45, 2.75) is 6.92 Å². The van der Waals surface area contributed by atoms with Crippen LogP contribution in [0.15, 0.2) is 42.6 Å². The van der Waals surface area contributed by atoms with Gasteiger partial charge in [-0.3, -0.25) is 4.40 Å². The minimum atomic E-state index is 0.473. The second-order valence-corrected chi connectivity index (χ2v) is 4.61. The Morgan fingerprint density at radius 1 is 1.22 bits per heavy atom. The molecule has 18 heavy (non-hydrogen) atoms. The highest BCUT2D eigenvalue weighted by molar-refractivity contribution is 6.33. The van der Waals surface area contributed by atoms with Gasteiger partial charge in [0.2, 0.25) is 0 Å². The second-order valence-electron chi connectivity index (χ2n) is 4.26. The Bertz CT molecular complexity index is 731. The van der Waals surface area contributed by atoms with Crippen molar-refractivity contribution in [1.82, 2.24) is 9.38 Å². The van der Waals surface area contributed by atoms with Gasteiger partial charge >= 0.3 is 0 Å². The molecule has 0 aliphatic rings. The van der Waals surface area contributed by atoms with Crippen molar-refractivity contribution in [3.63, 3.8) is 0 Å². The number of aryl methyl sites for hydroxylation is 1. The van der Waals surface area contributed by atoms with Gasteiger partial charge < -0.3 is 5.73 Å². The number of aromatic nitrogens is 2. The lowest BCUT2D eigenvalue weighted by Crippen LogP contribution is -1.92. The average Bonchev–Trinajstić information content (AvgIpc) is 2.67. The SMILES string of the molecule is Cc1ccccc1-c1nc(Cl)c2cc(N)ccn12. The van der Waals surface area contributed by atoms with Gasteiger partial charge in [0.25, 0.3) is 0 Å². The first-order valence-corrected chi connectivity index (χ1v) is 6.03. The minimum Gasteiger partial charge on any atom is -0.399 e. The first-order chi connectivity index (χ1) is 8.66. The number of rotatable bonds is 1. The molecule has 0 bridgehead atoms. The van der Waals surface area contributed by atoms with Gasteiger partial charge in [-0.25, -0.2) is 4.98 Å². The van der Waals surface area contributed by atoms with Crippen molar-refractivity contribution in [2.24, 2.45) is 0 Å². The molecule has 0 fully saturated rings. The van der Waals surface area contributed by atoms with Crippen molar-refractivity contribution in [3.8, 4) is 11.4 Å². The van der Waals surface area contributed by atoms with Gasteiger partial charge in [-0.1, -0.05) is 35.9 Å². The third-order valence-corrected chi connectivity index (χ3v) is 3.29. The molecule has 2 N–H and O–H groups in total. The standard InChI is InChI=1S/C14H12ClN3/c1-9-4-2-3-5-11(9)14-17-13(15)12-8-10(16)6-7-18(12)14/h2-8H,16H2,1H3. The van der Waals surface area contributed by atoms with Gasteiger partial charge in [0.1, 0.15) is 5.82 Å². The molecule has 0 aliphatic carbocycles. The molecule has 2 heterocycles. The predicted molar refractivity (Wildman–Crippen MR) is 74.8 cm³/mol. The number of nitrogens with zero attached hydrogens (tertiary/aromatic N) is 2. The van der Waals surface area contributed by atoms with E-state index in [9.17, 15) is 0 Å². The van der Waals surface area contributed by atoms with Gasteiger partial charge in [-0.2, -0.15) is 0 Å². The molecule has 90 valence electrons. The van der Waals surface area contributed by atoms with Crippen molar-refractivity contribution in [1.29, 1.82) is 0 Å². The van der Waals surface area contributed by atoms with Crippen LogP contribution in [-0.2, 0) is 0 Å². The quantitative estimate of drug-likeness (QED) is 0.725. The number of nitrogen functional groups attached to an aromatic ring is 1. The zero-order valence-electron chi connectivity index (χ0n) is 9.89. The van der Waals surface area contributed by atoms with Gasteiger partial charge in [0.15, 0.2) is 5.15 Å². The van der Waals surface area contributed by atoms with E-state index in [0.717, 1.165) is 22.5 Å². The first-order valence-electron chi connectivity index (χ1n) is 5.66. The summed E-state index contributed by atoms with van der Waals surface area (Å²) in [6.07, 6.45) is 1.89. The smallest absolute Gasteiger partial charge is 0.155 e. The highest BCUT2D eigenvalue weighted by Crippen LogP contribution is 2.28. The average molecular weight is 258 g/mol. The van der Waals surface area contributed by atoms with Crippen LogP contribution in [0.2, 0.25) is 5.15 Å². The molecule has 3 aromatic rings. The maximum Gasteiger partial charge on any atom is 0.155 e. The molecule has 3 rings (SSSR count). The van der Waals surface area contributed by atoms with Crippen molar-refractivity contribution >= 4 is 22.8 Å². The third-order valence-electron chi connectivity index (χ3n) is 3.01. The lowest BCUT2D eigenvalue weighted by Gasteiger charge is -2.04. The number of anilines is 1. The molecular formula is C14H12ClN3. The molecule has 0 atom stereocenters. The van der Waals surface area contributed by atoms with Crippen LogP contribution in [0.3, 0.4) is 0 Å². The lowest BCUT2D eigenvalue weighted by molar-refractivity contribution is 1.16. The Balaban J connectivity index is 2.34. The Labute approximate surface area is 110 Å². The van der Waals surface area contributed by atoms with Crippen molar-refractivity contribution in [3.05, 3.63) is 53.3 Å². The number of fused-ring (bicyclic) bond motifs is 1. The topological polar surface area (TPSA) is 43.3 Å². The summed E-state index contributed by atoms with van der Waals surface area (Å²) in [4.78, 5) is 4.43. The number of imidazole rings is 1. The summed E-state index contributed by atoms with van der Waals surface area (Å²) in [6.45, 7) is 2.06. The van der Waals surface area contributed by atoms with E-state index in [4.69, 9.17) is 17.3 Å². The molecule has 0 amide bonds. The van der Waals surface area contributed by atoms with E-state index in [0.29, 0.717) is 10.8 Å². The van der Waals surface area contributed by atoms with E-state index in [1.165, 1.54) is 0 Å². The Hall–Kier alpha value is -2.00. The van der Waals surface area contributed by atoms with E-state index < -0.39 is 0 Å². The van der Waals surface area contributed by atoms with E-state index >= 15 is 0 Å². The van der Waals surface area contributed by atoms with Gasteiger partial charge in [-0.05, 0) is 24.6 Å². The number of halogens is 1. The van der Waals surface area contributed by atoms with Crippen LogP contribution in [0.5, 0.6) is 0 Å². The number of hydrogen-bond acceptors (Lipinski definition) is 2. The van der Waals surface area contributed by atoms with Gasteiger partial charge in [0, 0.05) is 17.4 Å². The first kappa shape index (κ1) is 11.1. The Morgan fingerprint density at radius 2 is 2.00 bits per heavy atom. The molecule has 0 aliphatic heterocycles. The maximum atomic E-state index is 6.16. The fourth-order valence-corrected chi connectivity index (χ4v) is 2.30. The van der Waals surface area contributed by atoms with Crippen LogP contribution in [0, 0.1) is 6.92 Å². The van der Waals surface area contributed by atoms with Crippen LogP contribution in [-0.4, -0.2) is 9.38 Å². The van der Waals surface area contributed by atoms with Gasteiger partial charge in [0.05, 0.1) is 5.52 Å². The normalized spacial score (nSPS) is 11.0. The summed E-state index contributed by atoms with van der Waals surface area (Å²) in [5.74, 6) is 0.841. The molecule has 0 radical (unpaired) electrons. The molecule has 0 saturated heterocycles. The van der Waals surface area contributed by atoms with Crippen LogP contribution in [0.25, 0.3) is 16.9 Å². The number of hydrogen-bond donors (Lipinski definition) is 1. The monoisotopic (exact) mass is 257 g/mol. The number of nitrogens with two attached hydrogens (primary N) is 1. The molecule has 0 unspecified atom stereocenters. The van der Waals surface area contributed by atoms with Crippen molar-refractivity contribution < 1.29 is 0 Å². The van der Waals surface area contributed by atoms with E-state index in [1.807, 2.05) is 40.9 Å². The Kier molecular flexibility index (Phi) is 2.49. The van der Waals surface area contributed by atoms with E-state index in [1.54, 1.807) is 0 Å². The predicted octanol–water partition coefficient (Wildman–Crippen LogP) is 3.55. The maximum absolute atomic E-state index is 6.16. The molecule has 1 aromatic carbocycles. The molecule has 0 saturated carbocycles.